The summed E-state index contributed by atoms with van der Waals surface area (Å²) in [5, 5.41) is 7.51. The van der Waals surface area contributed by atoms with Crippen LogP contribution in [-0.4, -0.2) is 47.9 Å². The second-order valence-electron chi connectivity index (χ2n) is 9.18. The zero-order valence-corrected chi connectivity index (χ0v) is 15.0. The van der Waals surface area contributed by atoms with Crippen LogP contribution in [0.5, 0.6) is 0 Å². The molecule has 0 amide bonds. The fourth-order valence-corrected chi connectivity index (χ4v) is 6.52. The second kappa shape index (κ2) is 5.44. The van der Waals surface area contributed by atoms with E-state index in [0.717, 1.165) is 38.9 Å². The van der Waals surface area contributed by atoms with E-state index >= 15 is 0 Å². The molecule has 26 heavy (non-hydrogen) atoms. The Morgan fingerprint density at radius 3 is 2.58 bits per heavy atom. The molecule has 1 aliphatic heterocycles. The zero-order chi connectivity index (χ0) is 18.2. The predicted octanol–water partition coefficient (Wildman–Crippen LogP) is 3.05. The van der Waals surface area contributed by atoms with Gasteiger partial charge < -0.3 is 9.84 Å². The van der Waals surface area contributed by atoms with E-state index in [4.69, 9.17) is 4.52 Å². The first-order valence-corrected chi connectivity index (χ1v) is 9.62. The molecule has 0 radical (unpaired) electrons. The largest absolute Gasteiger partial charge is 0.394 e. The van der Waals surface area contributed by atoms with Crippen molar-refractivity contribution in [3.8, 4) is 0 Å². The zero-order valence-electron chi connectivity index (χ0n) is 15.0. The summed E-state index contributed by atoms with van der Waals surface area (Å²) in [5.41, 5.74) is -2.12. The maximum absolute atomic E-state index is 13.9. The maximum Gasteiger partial charge on any atom is 0.394 e. The van der Waals surface area contributed by atoms with Crippen LogP contribution in [0, 0.1) is 17.3 Å². The van der Waals surface area contributed by atoms with Gasteiger partial charge in [0.05, 0.1) is 16.9 Å². The van der Waals surface area contributed by atoms with Crippen LogP contribution in [0.2, 0.25) is 0 Å². The lowest BCUT2D eigenvalue weighted by Gasteiger charge is -2.60. The minimum atomic E-state index is -4.15. The number of halogens is 3. The number of piperazine rings is 1. The highest BCUT2D eigenvalue weighted by Crippen LogP contribution is 2.69. The standard InChI is InChI=1S/C18H25F3N4O/c1-25-3-2-22-9-13(25)14-23-15(26-24-14)16-5-11-4-12(6-16)8-17(7-11,10-16)18(19,20)21/h11-13,22H,2-10H2,1H3. The number of nitrogens with one attached hydrogen (secondary N) is 1. The molecule has 0 aromatic carbocycles. The second-order valence-corrected chi connectivity index (χ2v) is 9.18. The molecule has 3 atom stereocenters. The van der Waals surface area contributed by atoms with E-state index in [1.807, 2.05) is 7.05 Å². The lowest BCUT2D eigenvalue weighted by Crippen LogP contribution is -2.59. The van der Waals surface area contributed by atoms with Crippen LogP contribution in [0.25, 0.3) is 0 Å². The molecule has 1 aromatic heterocycles. The Bertz CT molecular complexity index is 689. The van der Waals surface area contributed by atoms with Gasteiger partial charge >= 0.3 is 6.18 Å². The maximum atomic E-state index is 13.9. The Balaban J connectivity index is 1.48. The molecule has 4 aliphatic carbocycles. The lowest BCUT2D eigenvalue weighted by atomic mass is 9.44. The number of rotatable bonds is 2. The first-order valence-electron chi connectivity index (χ1n) is 9.62. The van der Waals surface area contributed by atoms with Crippen molar-refractivity contribution in [3.63, 3.8) is 0 Å². The SMILES string of the molecule is CN1CCNCC1c1noc(C23CC4CC(C2)CC(C(F)(F)F)(C4)C3)n1. The van der Waals surface area contributed by atoms with E-state index in [9.17, 15) is 13.2 Å². The van der Waals surface area contributed by atoms with Crippen molar-refractivity contribution >= 4 is 0 Å². The minimum Gasteiger partial charge on any atom is -0.339 e. The fraction of sp³-hybridized carbons (Fsp3) is 0.889. The Morgan fingerprint density at radius 2 is 1.92 bits per heavy atom. The molecule has 1 aromatic rings. The molecule has 5 nitrogen and oxygen atoms in total. The van der Waals surface area contributed by atoms with Gasteiger partial charge in [-0.2, -0.15) is 18.2 Å². The summed E-state index contributed by atoms with van der Waals surface area (Å²) < 4.78 is 47.5. The van der Waals surface area contributed by atoms with E-state index in [0.29, 0.717) is 11.7 Å². The molecule has 4 saturated carbocycles. The molecular weight excluding hydrogens is 345 g/mol. The first kappa shape index (κ1) is 17.0. The number of likely N-dealkylation sites (N-methyl/N-ethyl adjacent to an activating group) is 1. The molecule has 0 spiro atoms. The summed E-state index contributed by atoms with van der Waals surface area (Å²) in [6.45, 7) is 2.54. The van der Waals surface area contributed by atoms with E-state index in [2.05, 4.69) is 20.4 Å². The van der Waals surface area contributed by atoms with Gasteiger partial charge in [0.15, 0.2) is 5.82 Å². The van der Waals surface area contributed by atoms with Crippen LogP contribution in [0.1, 0.15) is 56.3 Å². The van der Waals surface area contributed by atoms with Crippen LogP contribution in [0.4, 0.5) is 13.2 Å². The Labute approximate surface area is 150 Å². The molecule has 1 N–H and O–H groups in total. The van der Waals surface area contributed by atoms with Gasteiger partial charge in [0.2, 0.25) is 5.89 Å². The van der Waals surface area contributed by atoms with Crippen molar-refractivity contribution in [1.29, 1.82) is 0 Å². The van der Waals surface area contributed by atoms with Crippen molar-refractivity contribution in [3.05, 3.63) is 11.7 Å². The van der Waals surface area contributed by atoms with Gasteiger partial charge in [-0.1, -0.05) is 5.16 Å². The number of alkyl halides is 3. The highest BCUT2D eigenvalue weighted by molar-refractivity contribution is 5.20. The third-order valence-corrected chi connectivity index (χ3v) is 7.37. The molecule has 8 heteroatoms. The van der Waals surface area contributed by atoms with Gasteiger partial charge in [-0.15, -0.1) is 0 Å². The summed E-state index contributed by atoms with van der Waals surface area (Å²) in [4.78, 5) is 6.83. The quantitative estimate of drug-likeness (QED) is 0.867. The molecule has 1 saturated heterocycles. The van der Waals surface area contributed by atoms with Crippen molar-refractivity contribution in [2.24, 2.45) is 17.3 Å². The molecule has 5 aliphatic rings. The smallest absolute Gasteiger partial charge is 0.339 e. The minimum absolute atomic E-state index is 0.0201. The highest BCUT2D eigenvalue weighted by Gasteiger charge is 2.68. The third kappa shape index (κ3) is 2.37. The number of aromatic nitrogens is 2. The van der Waals surface area contributed by atoms with Crippen LogP contribution < -0.4 is 5.32 Å². The van der Waals surface area contributed by atoms with Crippen molar-refractivity contribution in [1.82, 2.24) is 20.4 Å². The molecule has 6 rings (SSSR count). The average molecular weight is 370 g/mol. The van der Waals surface area contributed by atoms with E-state index in [1.54, 1.807) is 0 Å². The predicted molar refractivity (Wildman–Crippen MR) is 87.4 cm³/mol. The molecule has 2 heterocycles. The number of hydrogen-bond donors (Lipinski definition) is 1. The summed E-state index contributed by atoms with van der Waals surface area (Å²) in [6, 6.07) is 0.0201. The van der Waals surface area contributed by atoms with Crippen molar-refractivity contribution in [2.75, 3.05) is 26.7 Å². The first-order chi connectivity index (χ1) is 12.3. The lowest BCUT2D eigenvalue weighted by molar-refractivity contribution is -0.279. The van der Waals surface area contributed by atoms with Gasteiger partial charge in [-0.05, 0) is 57.4 Å². The molecular formula is C18H25F3N4O. The summed E-state index contributed by atoms with van der Waals surface area (Å²) >= 11 is 0. The Kier molecular flexibility index (Phi) is 3.55. The summed E-state index contributed by atoms with van der Waals surface area (Å²) in [7, 11) is 2.02. The van der Waals surface area contributed by atoms with E-state index < -0.39 is 17.0 Å². The van der Waals surface area contributed by atoms with E-state index in [-0.39, 0.29) is 37.1 Å². The van der Waals surface area contributed by atoms with Crippen LogP contribution in [0.15, 0.2) is 4.52 Å². The Hall–Kier alpha value is -1.15. The van der Waals surface area contributed by atoms with Gasteiger partial charge in [0, 0.05) is 19.6 Å². The molecule has 144 valence electrons. The highest BCUT2D eigenvalue weighted by atomic mass is 19.4. The number of nitrogens with zero attached hydrogens (tertiary/aromatic N) is 3. The van der Waals surface area contributed by atoms with Gasteiger partial charge in [-0.25, -0.2) is 0 Å². The fourth-order valence-electron chi connectivity index (χ4n) is 6.52. The normalized spacial score (nSPS) is 43.2. The molecule has 3 unspecified atom stereocenters. The van der Waals surface area contributed by atoms with Crippen LogP contribution in [0.3, 0.4) is 0 Å². The number of hydrogen-bond acceptors (Lipinski definition) is 5. The average Bonchev–Trinajstić information content (AvgIpc) is 3.03. The van der Waals surface area contributed by atoms with Crippen molar-refractivity contribution in [2.45, 2.75) is 56.2 Å². The monoisotopic (exact) mass is 370 g/mol. The van der Waals surface area contributed by atoms with Gasteiger partial charge in [0.1, 0.15) is 0 Å². The van der Waals surface area contributed by atoms with Crippen molar-refractivity contribution < 1.29 is 17.7 Å². The molecule has 4 bridgehead atoms. The van der Waals surface area contributed by atoms with E-state index in [1.165, 1.54) is 0 Å². The third-order valence-electron chi connectivity index (χ3n) is 7.37. The topological polar surface area (TPSA) is 54.2 Å². The summed E-state index contributed by atoms with van der Waals surface area (Å²) in [5.74, 6) is 1.32. The summed E-state index contributed by atoms with van der Waals surface area (Å²) in [6.07, 6.45) is -1.00. The van der Waals surface area contributed by atoms with Gasteiger partial charge in [-0.3, -0.25) is 4.90 Å². The Morgan fingerprint density at radius 1 is 1.19 bits per heavy atom. The van der Waals surface area contributed by atoms with Crippen LogP contribution >= 0.6 is 0 Å². The van der Waals surface area contributed by atoms with Gasteiger partial charge in [0.25, 0.3) is 0 Å². The van der Waals surface area contributed by atoms with Crippen LogP contribution in [-0.2, 0) is 5.41 Å². The molecule has 5 fully saturated rings.